The van der Waals surface area contributed by atoms with Gasteiger partial charge in [-0.3, -0.25) is 9.54 Å². The first-order valence-corrected chi connectivity index (χ1v) is 12.8. The Balaban J connectivity index is 0.000000218. The Morgan fingerprint density at radius 3 is 2.14 bits per heavy atom. The molecule has 0 amide bonds. The summed E-state index contributed by atoms with van der Waals surface area (Å²) in [6.45, 7) is 0. The monoisotopic (exact) mass is 680 g/mol. The first-order valence-electron chi connectivity index (χ1n) is 11.3. The summed E-state index contributed by atoms with van der Waals surface area (Å²) in [5, 5.41) is 3.26. The molecular weight excluding hydrogens is 661 g/mol. The molecule has 0 fully saturated rings. The standard InChI is InChI=1S/C25H14N.C5H5NO3S.Ir/c1-2-7-17-14-18(13-12-16(17)6-1)24-15-22-20-9-4-3-8-19(20)21-10-5-11-23(26-24)25(21)22;7-10(8,9)5-3-1-2-4-6-5;/h1-13,15H;1-4H,(H,7,8,9);/q-1;;. The van der Waals surface area contributed by atoms with Crippen LogP contribution in [0.3, 0.4) is 0 Å². The molecule has 5 nitrogen and oxygen atoms in total. The van der Waals surface area contributed by atoms with Crippen molar-refractivity contribution in [2.45, 2.75) is 5.03 Å². The molecule has 6 aromatic rings. The minimum atomic E-state index is -4.11. The fourth-order valence-corrected chi connectivity index (χ4v) is 5.02. The maximum Gasteiger partial charge on any atom is 0.312 e. The topological polar surface area (TPSA) is 80.2 Å². The number of hydrogen-bond donors (Lipinski definition) is 1. The van der Waals surface area contributed by atoms with Crippen molar-refractivity contribution < 1.29 is 33.1 Å². The predicted octanol–water partition coefficient (Wildman–Crippen LogP) is 6.83. The van der Waals surface area contributed by atoms with Crippen LogP contribution in [-0.2, 0) is 30.2 Å². The number of nitrogens with zero attached hydrogens (tertiary/aromatic N) is 2. The van der Waals surface area contributed by atoms with E-state index in [1.54, 1.807) is 6.07 Å². The van der Waals surface area contributed by atoms with E-state index < -0.39 is 10.1 Å². The van der Waals surface area contributed by atoms with Crippen molar-refractivity contribution in [3.05, 3.63) is 115 Å². The van der Waals surface area contributed by atoms with Gasteiger partial charge in [0.05, 0.1) is 5.52 Å². The second-order valence-electron chi connectivity index (χ2n) is 8.40. The van der Waals surface area contributed by atoms with Gasteiger partial charge in [-0.05, 0) is 40.5 Å². The average Bonchev–Trinajstić information content (AvgIpc) is 3.24. The van der Waals surface area contributed by atoms with Crippen LogP contribution in [0.15, 0.2) is 114 Å². The fraction of sp³-hybridized carbons (Fsp3) is 0. The summed E-state index contributed by atoms with van der Waals surface area (Å²) < 4.78 is 29.1. The van der Waals surface area contributed by atoms with Gasteiger partial charge in [-0.15, -0.1) is 29.7 Å². The van der Waals surface area contributed by atoms with Crippen LogP contribution in [-0.4, -0.2) is 22.9 Å². The molecule has 2 heterocycles. The second kappa shape index (κ2) is 9.96. The third kappa shape index (κ3) is 4.70. The summed E-state index contributed by atoms with van der Waals surface area (Å²) in [6.07, 6.45) is 1.29. The van der Waals surface area contributed by atoms with Gasteiger partial charge in [-0.2, -0.15) is 8.42 Å². The number of aromatic nitrogens is 2. The Morgan fingerprint density at radius 1 is 0.703 bits per heavy atom. The third-order valence-electron chi connectivity index (χ3n) is 6.18. The number of rotatable bonds is 2. The van der Waals surface area contributed by atoms with E-state index in [9.17, 15) is 8.42 Å². The van der Waals surface area contributed by atoms with Gasteiger partial charge >= 0.3 is 10.1 Å². The minimum Gasteiger partial charge on any atom is -0.287 e. The molecule has 1 aliphatic carbocycles. The van der Waals surface area contributed by atoms with Crippen LogP contribution >= 0.6 is 0 Å². The van der Waals surface area contributed by atoms with E-state index >= 15 is 0 Å². The molecule has 1 N–H and O–H groups in total. The van der Waals surface area contributed by atoms with Crippen LogP contribution in [0, 0.1) is 6.07 Å². The summed E-state index contributed by atoms with van der Waals surface area (Å²) in [6, 6.07) is 37.7. The van der Waals surface area contributed by atoms with Crippen molar-refractivity contribution in [1.29, 1.82) is 0 Å². The van der Waals surface area contributed by atoms with Crippen molar-refractivity contribution in [3.8, 4) is 33.5 Å². The molecule has 0 atom stereocenters. The summed E-state index contributed by atoms with van der Waals surface area (Å²) >= 11 is 0. The van der Waals surface area contributed by atoms with Crippen molar-refractivity contribution in [3.63, 3.8) is 0 Å². The molecule has 2 aromatic heterocycles. The largest absolute Gasteiger partial charge is 0.312 e. The van der Waals surface area contributed by atoms with Gasteiger partial charge in [0.25, 0.3) is 0 Å². The first kappa shape index (κ1) is 24.9. The molecule has 0 aliphatic heterocycles. The van der Waals surface area contributed by atoms with Crippen molar-refractivity contribution in [2.75, 3.05) is 0 Å². The Hall–Kier alpha value is -3.74. The summed E-state index contributed by atoms with van der Waals surface area (Å²) in [5.41, 5.74) is 8.22. The number of benzene rings is 4. The molecule has 183 valence electrons. The number of pyridine rings is 2. The molecule has 7 heteroatoms. The van der Waals surface area contributed by atoms with Gasteiger partial charge in [0.15, 0.2) is 5.03 Å². The van der Waals surface area contributed by atoms with Gasteiger partial charge in [0, 0.05) is 37.4 Å². The second-order valence-corrected chi connectivity index (χ2v) is 9.77. The van der Waals surface area contributed by atoms with Gasteiger partial charge < -0.3 is 0 Å². The normalized spacial score (nSPS) is 11.4. The van der Waals surface area contributed by atoms with Crippen LogP contribution < -0.4 is 0 Å². The van der Waals surface area contributed by atoms with Crippen LogP contribution in [0.1, 0.15) is 0 Å². The van der Waals surface area contributed by atoms with E-state index in [0.717, 1.165) is 22.2 Å². The molecule has 0 saturated carbocycles. The quantitative estimate of drug-likeness (QED) is 0.160. The molecule has 1 radical (unpaired) electrons. The van der Waals surface area contributed by atoms with Gasteiger partial charge in [0.1, 0.15) is 0 Å². The third-order valence-corrected chi connectivity index (χ3v) is 6.95. The predicted molar refractivity (Wildman–Crippen MR) is 142 cm³/mol. The van der Waals surface area contributed by atoms with Crippen LogP contribution in [0.2, 0.25) is 0 Å². The summed E-state index contributed by atoms with van der Waals surface area (Å²) in [5.74, 6) is 0. The molecule has 7 rings (SSSR count). The van der Waals surface area contributed by atoms with Gasteiger partial charge in [-0.1, -0.05) is 77.7 Å². The Kier molecular flexibility index (Phi) is 6.71. The van der Waals surface area contributed by atoms with Crippen LogP contribution in [0.25, 0.3) is 55.2 Å². The number of hydrogen-bond acceptors (Lipinski definition) is 4. The van der Waals surface area contributed by atoms with Crippen molar-refractivity contribution in [2.24, 2.45) is 0 Å². The molecule has 0 spiro atoms. The molecule has 1 aliphatic rings. The molecule has 37 heavy (non-hydrogen) atoms. The molecular formula is C30H19IrN2O3S-. The zero-order valence-corrected chi connectivity index (χ0v) is 22.5. The van der Waals surface area contributed by atoms with Crippen molar-refractivity contribution in [1.82, 2.24) is 9.97 Å². The van der Waals surface area contributed by atoms with Crippen molar-refractivity contribution >= 4 is 31.8 Å². The van der Waals surface area contributed by atoms with E-state index in [-0.39, 0.29) is 25.1 Å². The zero-order chi connectivity index (χ0) is 24.7. The first-order chi connectivity index (χ1) is 17.5. The SMILES string of the molecule is O=S(=O)(O)c1ccccn1.[Ir].[c-]1c(-c2cc3c4c(cccc4n2)-c2ccccc2-3)ccc2ccccc12. The Labute approximate surface area is 228 Å². The maximum absolute atomic E-state index is 10.3. The van der Waals surface area contributed by atoms with E-state index in [1.165, 1.54) is 51.4 Å². The Morgan fingerprint density at radius 2 is 1.41 bits per heavy atom. The van der Waals surface area contributed by atoms with Crippen LogP contribution in [0.4, 0.5) is 0 Å². The van der Waals surface area contributed by atoms with E-state index in [2.05, 4.69) is 96.0 Å². The van der Waals surface area contributed by atoms with E-state index in [1.807, 2.05) is 0 Å². The molecule has 0 bridgehead atoms. The minimum absolute atomic E-state index is 0. The summed E-state index contributed by atoms with van der Waals surface area (Å²) in [7, 11) is -4.11. The molecule has 0 saturated heterocycles. The smallest absolute Gasteiger partial charge is 0.287 e. The van der Waals surface area contributed by atoms with Crippen LogP contribution in [0.5, 0.6) is 0 Å². The molecule has 4 aromatic carbocycles. The van der Waals surface area contributed by atoms with E-state index in [0.29, 0.717) is 0 Å². The Bertz CT molecular complexity index is 1870. The fourth-order valence-electron chi connectivity index (χ4n) is 4.58. The summed E-state index contributed by atoms with van der Waals surface area (Å²) in [4.78, 5) is 8.38. The number of fused-ring (bicyclic) bond motifs is 4. The molecule has 0 unspecified atom stereocenters. The zero-order valence-electron chi connectivity index (χ0n) is 19.3. The van der Waals surface area contributed by atoms with E-state index in [4.69, 9.17) is 9.54 Å². The maximum atomic E-state index is 10.3. The van der Waals surface area contributed by atoms with Gasteiger partial charge in [-0.25, -0.2) is 4.98 Å². The average molecular weight is 680 g/mol. The van der Waals surface area contributed by atoms with Gasteiger partial charge in [0.2, 0.25) is 0 Å².